The number of phenolic OH excluding ortho intramolecular Hbond substituents is 2. The molecule has 4 unspecified atom stereocenters. The number of allylic oxidation sites excluding steroid dienone is 3. The molecule has 1 amide bonds. The normalized spacial score (nSPS) is 29.1. The van der Waals surface area contributed by atoms with Crippen LogP contribution in [0, 0.1) is 30.6 Å². The summed E-state index contributed by atoms with van der Waals surface area (Å²) in [7, 11) is 0. The SMILES string of the molecule is C/C1=C/C=C/C(C)C[C@@H](C)C(O)[C@@H](C)C(OC(=O)CCC=O)CCCOC2(C)Oc3c(C)c(O)c4c(O)c(c5c(c4c3C2=O)NC2(CCN(CC(C)C)CC2)N=5)=NC1=O. The summed E-state index contributed by atoms with van der Waals surface area (Å²) < 4.78 is 18.4. The summed E-state index contributed by atoms with van der Waals surface area (Å²) in [5.41, 5.74) is 0.124. The molecular weight excluding hydrogens is 757 g/mol. The highest BCUT2D eigenvalue weighted by molar-refractivity contribution is 6.21. The van der Waals surface area contributed by atoms with Crippen LogP contribution < -0.4 is 20.8 Å². The van der Waals surface area contributed by atoms with Crippen LogP contribution in [-0.4, -0.2) is 94.1 Å². The van der Waals surface area contributed by atoms with E-state index in [1.54, 1.807) is 26.0 Å². The zero-order chi connectivity index (χ0) is 43.0. The molecule has 0 aromatic heterocycles. The van der Waals surface area contributed by atoms with Gasteiger partial charge in [-0.3, -0.25) is 19.4 Å². The van der Waals surface area contributed by atoms with Crippen molar-refractivity contribution in [3.05, 3.63) is 45.6 Å². The van der Waals surface area contributed by atoms with Crippen LogP contribution in [0.15, 0.2) is 33.8 Å². The van der Waals surface area contributed by atoms with E-state index in [1.165, 1.54) is 6.92 Å². The third kappa shape index (κ3) is 8.81. The summed E-state index contributed by atoms with van der Waals surface area (Å²) in [5.74, 6) is -4.46. The Morgan fingerprint density at radius 2 is 1.81 bits per heavy atom. The number of carbonyl (C=O) groups is 4. The van der Waals surface area contributed by atoms with Crippen LogP contribution in [0.5, 0.6) is 17.2 Å². The highest BCUT2D eigenvalue weighted by Gasteiger charge is 2.50. The maximum atomic E-state index is 14.7. The number of fused-ring (bicyclic) bond motifs is 13. The second kappa shape index (κ2) is 17.5. The fraction of sp³-hybridized carbons (Fsp3) is 0.600. The number of esters is 1. The van der Waals surface area contributed by atoms with Crippen molar-refractivity contribution in [2.75, 3.05) is 31.6 Å². The molecule has 5 aliphatic heterocycles. The summed E-state index contributed by atoms with van der Waals surface area (Å²) in [6.07, 6.45) is 6.80. The van der Waals surface area contributed by atoms with Crippen molar-refractivity contribution in [3.8, 4) is 17.2 Å². The van der Waals surface area contributed by atoms with Gasteiger partial charge >= 0.3 is 5.97 Å². The van der Waals surface area contributed by atoms with Gasteiger partial charge in [0, 0.05) is 68.3 Å². The van der Waals surface area contributed by atoms with E-state index in [-0.39, 0.29) is 81.0 Å². The molecule has 14 nitrogen and oxygen atoms in total. The number of aldehydes is 1. The number of phenols is 2. The number of hydrogen-bond acceptors (Lipinski definition) is 13. The van der Waals surface area contributed by atoms with Gasteiger partial charge in [-0.25, -0.2) is 4.99 Å². The van der Waals surface area contributed by atoms with Crippen molar-refractivity contribution in [3.63, 3.8) is 0 Å². The topological polar surface area (TPSA) is 197 Å². The van der Waals surface area contributed by atoms with Gasteiger partial charge < -0.3 is 44.5 Å². The fourth-order valence-electron chi connectivity index (χ4n) is 8.94. The average Bonchev–Trinajstić information content (AvgIpc) is 3.69. The predicted octanol–water partition coefficient (Wildman–Crippen LogP) is 5.35. The third-order valence-corrected chi connectivity index (χ3v) is 12.3. The van der Waals surface area contributed by atoms with Gasteiger partial charge in [0.25, 0.3) is 11.7 Å². The highest BCUT2D eigenvalue weighted by atomic mass is 16.7. The van der Waals surface area contributed by atoms with Crippen LogP contribution in [0.3, 0.4) is 0 Å². The number of nitrogens with one attached hydrogen (secondary N) is 1. The standard InChI is InChI=1S/C45H60N4O10/c1-24(2)23-49-18-16-45(17-19-49)47-35-32-33-39(53)29(7)41-34(32)42(55)44(8,59-41)57-21-11-14-30(58-31(51)15-10-20-50)28(6)38(52)27(5)22-25(3)12-9-13-26(4)43(56)46-37(40(33)54)36(35)48-45/h9,12-13,20,24-25,27-28,30,38,47,52-54H,10-11,14-19,21-23H2,1-8H3/b12-9+,26-13-,46-37?/t25?,27-,28+,30?,38?,44?/m1/s1. The van der Waals surface area contributed by atoms with Crippen molar-refractivity contribution >= 4 is 40.4 Å². The lowest BCUT2D eigenvalue weighted by atomic mass is 9.83. The van der Waals surface area contributed by atoms with Crippen LogP contribution in [0.4, 0.5) is 5.69 Å². The first-order valence-corrected chi connectivity index (χ1v) is 21.0. The van der Waals surface area contributed by atoms with Gasteiger partial charge in [-0.1, -0.05) is 52.8 Å². The number of nitrogens with zero attached hydrogens (tertiary/aromatic N) is 3. The van der Waals surface area contributed by atoms with Crippen molar-refractivity contribution in [1.29, 1.82) is 0 Å². The highest BCUT2D eigenvalue weighted by Crippen LogP contribution is 2.51. The molecule has 320 valence electrons. The number of piperidine rings is 1. The summed E-state index contributed by atoms with van der Waals surface area (Å²) in [6.45, 7) is 17.2. The molecule has 2 aromatic rings. The molecule has 0 aliphatic carbocycles. The van der Waals surface area contributed by atoms with Gasteiger partial charge in [0.2, 0.25) is 5.78 Å². The molecule has 1 spiro atoms. The Balaban J connectivity index is 1.48. The van der Waals surface area contributed by atoms with Crippen LogP contribution in [0.25, 0.3) is 10.8 Å². The zero-order valence-electron chi connectivity index (χ0n) is 35.6. The molecule has 7 rings (SSSR count). The number of aliphatic hydroxyl groups is 1. The zero-order valence-corrected chi connectivity index (χ0v) is 35.6. The molecule has 4 N–H and O–H groups in total. The van der Waals surface area contributed by atoms with Crippen molar-refractivity contribution in [1.82, 2.24) is 4.90 Å². The third-order valence-electron chi connectivity index (χ3n) is 12.3. The minimum Gasteiger partial charge on any atom is -0.507 e. The Hall–Kier alpha value is -4.66. The first-order valence-electron chi connectivity index (χ1n) is 21.0. The van der Waals surface area contributed by atoms with Crippen LogP contribution >= 0.6 is 0 Å². The van der Waals surface area contributed by atoms with Crippen LogP contribution in [-0.2, 0) is 23.9 Å². The van der Waals surface area contributed by atoms with Crippen LogP contribution in [0.1, 0.15) is 109 Å². The van der Waals surface area contributed by atoms with Gasteiger partial charge in [-0.15, -0.1) is 0 Å². The number of rotatable bonds is 6. The van der Waals surface area contributed by atoms with Crippen molar-refractivity contribution < 1.29 is 48.7 Å². The summed E-state index contributed by atoms with van der Waals surface area (Å²) in [4.78, 5) is 64.1. The molecular formula is C45H60N4O10. The molecule has 1 fully saturated rings. The molecule has 2 aromatic carbocycles. The monoisotopic (exact) mass is 816 g/mol. The lowest BCUT2D eigenvalue weighted by Gasteiger charge is -2.38. The molecule has 1 saturated heterocycles. The van der Waals surface area contributed by atoms with Gasteiger partial charge in [0.15, 0.2) is 5.75 Å². The molecule has 5 heterocycles. The number of carbonyl (C=O) groups excluding carboxylic acids is 4. The predicted molar refractivity (Wildman–Crippen MR) is 221 cm³/mol. The van der Waals surface area contributed by atoms with E-state index in [0.29, 0.717) is 50.0 Å². The molecule has 0 saturated carbocycles. The minimum absolute atomic E-state index is 0.00146. The van der Waals surface area contributed by atoms with Gasteiger partial charge in [-0.05, 0) is 50.9 Å². The van der Waals surface area contributed by atoms with Gasteiger partial charge in [0.1, 0.15) is 40.3 Å². The van der Waals surface area contributed by atoms with Gasteiger partial charge in [-0.2, -0.15) is 0 Å². The second-order valence-electron chi connectivity index (χ2n) is 17.6. The number of Topliss-reactive ketones (excluding diaryl/α,β-unsaturated/α-hetero) is 1. The maximum Gasteiger partial charge on any atom is 0.306 e. The quantitative estimate of drug-likeness (QED) is 0.166. The van der Waals surface area contributed by atoms with E-state index in [4.69, 9.17) is 19.2 Å². The second-order valence-corrected chi connectivity index (χ2v) is 17.6. The van der Waals surface area contributed by atoms with E-state index in [9.17, 15) is 34.5 Å². The minimum atomic E-state index is -1.83. The fourth-order valence-corrected chi connectivity index (χ4v) is 8.94. The number of hydrogen-bond donors (Lipinski definition) is 4. The molecule has 0 radical (unpaired) electrons. The number of ketones is 1. The smallest absolute Gasteiger partial charge is 0.306 e. The number of aromatic hydroxyl groups is 2. The number of benzene rings is 2. The average molecular weight is 817 g/mol. The molecule has 5 bridgehead atoms. The maximum absolute atomic E-state index is 14.7. The largest absolute Gasteiger partial charge is 0.507 e. The summed E-state index contributed by atoms with van der Waals surface area (Å²) in [6, 6.07) is 0. The molecule has 5 aliphatic rings. The molecule has 59 heavy (non-hydrogen) atoms. The number of likely N-dealkylation sites (tertiary alicyclic amines) is 1. The Labute approximate surface area is 345 Å². The van der Waals surface area contributed by atoms with Crippen molar-refractivity contribution in [2.45, 2.75) is 124 Å². The summed E-state index contributed by atoms with van der Waals surface area (Å²) >= 11 is 0. The molecule has 14 heteroatoms. The van der Waals surface area contributed by atoms with E-state index in [0.717, 1.165) is 19.6 Å². The summed E-state index contributed by atoms with van der Waals surface area (Å²) in [5, 5.41) is 39.2. The Bertz CT molecular complexity index is 2190. The van der Waals surface area contributed by atoms with Crippen molar-refractivity contribution in [2.24, 2.45) is 33.7 Å². The number of anilines is 1. The van der Waals surface area contributed by atoms with Gasteiger partial charge in [0.05, 0.1) is 35.8 Å². The van der Waals surface area contributed by atoms with E-state index in [2.05, 4.69) is 29.1 Å². The Kier molecular flexibility index (Phi) is 13.0. The molecule has 6 atom stereocenters. The Morgan fingerprint density at radius 1 is 1.10 bits per heavy atom. The first kappa shape index (κ1) is 43.9. The number of amides is 1. The Morgan fingerprint density at radius 3 is 2.49 bits per heavy atom. The number of aliphatic hydroxyl groups excluding tert-OH is 1. The first-order chi connectivity index (χ1) is 27.9. The lowest BCUT2D eigenvalue weighted by Crippen LogP contribution is -2.47. The van der Waals surface area contributed by atoms with E-state index in [1.807, 2.05) is 26.8 Å². The number of ether oxygens (including phenoxy) is 3. The van der Waals surface area contributed by atoms with E-state index < -0.39 is 53.0 Å². The van der Waals surface area contributed by atoms with Crippen LogP contribution in [0.2, 0.25) is 0 Å². The van der Waals surface area contributed by atoms with E-state index >= 15 is 0 Å². The lowest BCUT2D eigenvalue weighted by molar-refractivity contribution is -0.157.